The van der Waals surface area contributed by atoms with Crippen molar-refractivity contribution in [3.8, 4) is 11.5 Å². The highest BCUT2D eigenvalue weighted by molar-refractivity contribution is 6.30. The van der Waals surface area contributed by atoms with Gasteiger partial charge in [0.25, 0.3) is 5.91 Å². The molecular formula is C19H15ClN4O3. The lowest BCUT2D eigenvalue weighted by atomic mass is 10.2. The number of rotatable bonds is 5. The van der Waals surface area contributed by atoms with Crippen LogP contribution in [-0.2, 0) is 6.54 Å². The Hall–Kier alpha value is -3.32. The van der Waals surface area contributed by atoms with E-state index in [1.165, 1.54) is 0 Å². The number of hydrogen-bond donors (Lipinski definition) is 2. The minimum Gasteiger partial charge on any atom is -0.454 e. The number of amides is 1. The van der Waals surface area contributed by atoms with Gasteiger partial charge in [0.2, 0.25) is 6.79 Å². The molecule has 0 saturated carbocycles. The Labute approximate surface area is 160 Å². The van der Waals surface area contributed by atoms with Crippen LogP contribution in [0, 0.1) is 0 Å². The molecule has 1 aromatic heterocycles. The smallest absolute Gasteiger partial charge is 0.256 e. The van der Waals surface area contributed by atoms with Crippen molar-refractivity contribution in [1.82, 2.24) is 10.2 Å². The van der Waals surface area contributed by atoms with Crippen molar-refractivity contribution in [3.05, 3.63) is 70.7 Å². The SMILES string of the molecule is O=C(Nc1ccc(NCc2ccc3c(c2)OCO3)nn1)c1ccc(Cl)cc1. The van der Waals surface area contributed by atoms with E-state index in [1.54, 1.807) is 36.4 Å². The normalized spacial score (nSPS) is 11.9. The maximum atomic E-state index is 12.2. The van der Waals surface area contributed by atoms with Crippen molar-refractivity contribution in [2.24, 2.45) is 0 Å². The topological polar surface area (TPSA) is 85.4 Å². The molecule has 0 atom stereocenters. The van der Waals surface area contributed by atoms with Gasteiger partial charge >= 0.3 is 0 Å². The molecule has 0 unspecified atom stereocenters. The number of carbonyl (C=O) groups is 1. The summed E-state index contributed by atoms with van der Waals surface area (Å²) in [6, 6.07) is 15.8. The fourth-order valence-corrected chi connectivity index (χ4v) is 2.65. The average Bonchev–Trinajstić information content (AvgIpc) is 3.16. The number of nitrogens with one attached hydrogen (secondary N) is 2. The summed E-state index contributed by atoms with van der Waals surface area (Å²) in [6.45, 7) is 0.808. The van der Waals surface area contributed by atoms with E-state index in [2.05, 4.69) is 20.8 Å². The Morgan fingerprint density at radius 3 is 2.48 bits per heavy atom. The molecule has 2 aromatic carbocycles. The molecule has 4 rings (SSSR count). The highest BCUT2D eigenvalue weighted by atomic mass is 35.5. The van der Waals surface area contributed by atoms with Crippen molar-refractivity contribution in [2.45, 2.75) is 6.54 Å². The highest BCUT2D eigenvalue weighted by Gasteiger charge is 2.13. The van der Waals surface area contributed by atoms with Crippen LogP contribution >= 0.6 is 11.6 Å². The van der Waals surface area contributed by atoms with E-state index < -0.39 is 0 Å². The third-order valence-corrected chi connectivity index (χ3v) is 4.18. The van der Waals surface area contributed by atoms with Crippen LogP contribution in [0.15, 0.2) is 54.6 Å². The first-order valence-corrected chi connectivity index (χ1v) is 8.58. The van der Waals surface area contributed by atoms with Gasteiger partial charge in [0.15, 0.2) is 17.3 Å². The molecular weight excluding hydrogens is 368 g/mol. The lowest BCUT2D eigenvalue weighted by Crippen LogP contribution is -2.13. The summed E-state index contributed by atoms with van der Waals surface area (Å²) in [7, 11) is 0. The van der Waals surface area contributed by atoms with Gasteiger partial charge in [-0.2, -0.15) is 0 Å². The van der Waals surface area contributed by atoms with E-state index >= 15 is 0 Å². The molecule has 1 amide bonds. The van der Waals surface area contributed by atoms with E-state index in [9.17, 15) is 4.79 Å². The second kappa shape index (κ2) is 7.51. The standard InChI is InChI=1S/C19H15ClN4O3/c20-14-4-2-13(3-5-14)19(25)22-18-8-7-17(23-24-18)21-10-12-1-6-15-16(9-12)27-11-26-15/h1-9H,10-11H2,(H,21,23)(H,22,24,25). The first-order valence-electron chi connectivity index (χ1n) is 8.20. The number of anilines is 2. The molecule has 2 heterocycles. The summed E-state index contributed by atoms with van der Waals surface area (Å²) in [5.74, 6) is 2.17. The molecule has 0 saturated heterocycles. The zero-order valence-corrected chi connectivity index (χ0v) is 14.9. The van der Waals surface area contributed by atoms with Crippen LogP contribution in [0.4, 0.5) is 11.6 Å². The van der Waals surface area contributed by atoms with E-state index in [1.807, 2.05) is 18.2 Å². The molecule has 2 N–H and O–H groups in total. The number of halogens is 1. The van der Waals surface area contributed by atoms with Crippen LogP contribution in [0.25, 0.3) is 0 Å². The van der Waals surface area contributed by atoms with E-state index in [0.29, 0.717) is 28.8 Å². The average molecular weight is 383 g/mol. The molecule has 0 bridgehead atoms. The number of aromatic nitrogens is 2. The maximum Gasteiger partial charge on any atom is 0.256 e. The first-order chi connectivity index (χ1) is 13.2. The Morgan fingerprint density at radius 2 is 1.70 bits per heavy atom. The summed E-state index contributed by atoms with van der Waals surface area (Å²) in [6.07, 6.45) is 0. The van der Waals surface area contributed by atoms with Crippen LogP contribution in [0.2, 0.25) is 5.02 Å². The number of carbonyl (C=O) groups excluding carboxylic acids is 1. The van der Waals surface area contributed by atoms with Crippen molar-refractivity contribution >= 4 is 29.1 Å². The van der Waals surface area contributed by atoms with Gasteiger partial charge < -0.3 is 20.1 Å². The fraction of sp³-hybridized carbons (Fsp3) is 0.105. The van der Waals surface area contributed by atoms with E-state index in [0.717, 1.165) is 17.1 Å². The van der Waals surface area contributed by atoms with E-state index in [4.69, 9.17) is 21.1 Å². The summed E-state index contributed by atoms with van der Waals surface area (Å²) in [5, 5.41) is 14.5. The number of ether oxygens (including phenoxy) is 2. The quantitative estimate of drug-likeness (QED) is 0.699. The molecule has 1 aliphatic rings. The van der Waals surface area contributed by atoms with Crippen LogP contribution in [0.3, 0.4) is 0 Å². The summed E-state index contributed by atoms with van der Waals surface area (Å²) < 4.78 is 10.7. The molecule has 0 fully saturated rings. The van der Waals surface area contributed by atoms with Crippen LogP contribution in [0.1, 0.15) is 15.9 Å². The van der Waals surface area contributed by atoms with Gasteiger partial charge in [0.1, 0.15) is 5.82 Å². The molecule has 3 aromatic rings. The Kier molecular flexibility index (Phi) is 4.76. The van der Waals surface area contributed by atoms with Gasteiger partial charge in [0, 0.05) is 17.1 Å². The summed E-state index contributed by atoms with van der Waals surface area (Å²) >= 11 is 5.82. The van der Waals surface area contributed by atoms with Crippen molar-refractivity contribution in [1.29, 1.82) is 0 Å². The molecule has 136 valence electrons. The fourth-order valence-electron chi connectivity index (χ4n) is 2.53. The maximum absolute atomic E-state index is 12.2. The molecule has 27 heavy (non-hydrogen) atoms. The van der Waals surface area contributed by atoms with Gasteiger partial charge in [-0.3, -0.25) is 4.79 Å². The Balaban J connectivity index is 1.34. The zero-order chi connectivity index (χ0) is 18.6. The molecule has 8 heteroatoms. The highest BCUT2D eigenvalue weighted by Crippen LogP contribution is 2.32. The first kappa shape index (κ1) is 17.1. The molecule has 0 radical (unpaired) electrons. The van der Waals surface area contributed by atoms with Gasteiger partial charge in [-0.05, 0) is 54.1 Å². The van der Waals surface area contributed by atoms with Crippen LogP contribution < -0.4 is 20.1 Å². The molecule has 7 nitrogen and oxygen atoms in total. The monoisotopic (exact) mass is 382 g/mol. The molecule has 1 aliphatic heterocycles. The minimum atomic E-state index is -0.276. The third-order valence-electron chi connectivity index (χ3n) is 3.92. The zero-order valence-electron chi connectivity index (χ0n) is 14.1. The van der Waals surface area contributed by atoms with Gasteiger partial charge in [-0.25, -0.2) is 0 Å². The van der Waals surface area contributed by atoms with Gasteiger partial charge in [-0.15, -0.1) is 10.2 Å². The number of nitrogens with zero attached hydrogens (tertiary/aromatic N) is 2. The van der Waals surface area contributed by atoms with Crippen molar-refractivity contribution in [2.75, 3.05) is 17.4 Å². The van der Waals surface area contributed by atoms with E-state index in [-0.39, 0.29) is 12.7 Å². The second-order valence-electron chi connectivity index (χ2n) is 5.81. The van der Waals surface area contributed by atoms with Gasteiger partial charge in [-0.1, -0.05) is 17.7 Å². The largest absolute Gasteiger partial charge is 0.454 e. The predicted molar refractivity (Wildman–Crippen MR) is 101 cm³/mol. The predicted octanol–water partition coefficient (Wildman–Crippen LogP) is 3.72. The lowest BCUT2D eigenvalue weighted by molar-refractivity contribution is 0.102. The molecule has 0 spiro atoms. The molecule has 0 aliphatic carbocycles. The summed E-state index contributed by atoms with van der Waals surface area (Å²) in [5.41, 5.74) is 1.52. The van der Waals surface area contributed by atoms with Gasteiger partial charge in [0.05, 0.1) is 0 Å². The summed E-state index contributed by atoms with van der Waals surface area (Å²) in [4.78, 5) is 12.2. The number of benzene rings is 2. The van der Waals surface area contributed by atoms with Crippen molar-refractivity contribution < 1.29 is 14.3 Å². The van der Waals surface area contributed by atoms with Crippen LogP contribution in [0.5, 0.6) is 11.5 Å². The van der Waals surface area contributed by atoms with Crippen LogP contribution in [-0.4, -0.2) is 22.9 Å². The number of hydrogen-bond acceptors (Lipinski definition) is 6. The third kappa shape index (κ3) is 4.09. The Bertz CT molecular complexity index is 962. The van der Waals surface area contributed by atoms with Crippen molar-refractivity contribution in [3.63, 3.8) is 0 Å². The lowest BCUT2D eigenvalue weighted by Gasteiger charge is -2.07. The second-order valence-corrected chi connectivity index (χ2v) is 6.24. The Morgan fingerprint density at radius 1 is 0.963 bits per heavy atom. The minimum absolute atomic E-state index is 0.251. The number of fused-ring (bicyclic) bond motifs is 1.